The van der Waals surface area contributed by atoms with E-state index in [1.165, 1.54) is 16.8 Å². The van der Waals surface area contributed by atoms with Crippen LogP contribution in [0.25, 0.3) is 0 Å². The van der Waals surface area contributed by atoms with Crippen LogP contribution in [0.4, 0.5) is 5.69 Å². The van der Waals surface area contributed by atoms with E-state index in [9.17, 15) is 5.11 Å². The highest BCUT2D eigenvalue weighted by atomic mass is 16.5. The van der Waals surface area contributed by atoms with Crippen molar-refractivity contribution in [3.05, 3.63) is 41.5 Å². The number of anilines is 1. The predicted molar refractivity (Wildman–Crippen MR) is 94.6 cm³/mol. The van der Waals surface area contributed by atoms with Crippen molar-refractivity contribution in [2.45, 2.75) is 26.9 Å². The molecule has 1 aromatic carbocycles. The maximum absolute atomic E-state index is 10.1. The first-order valence-electron chi connectivity index (χ1n) is 8.59. The van der Waals surface area contributed by atoms with Crippen molar-refractivity contribution in [3.63, 3.8) is 0 Å². The molecule has 1 aliphatic heterocycles. The normalized spacial score (nSPS) is 36.5. The van der Waals surface area contributed by atoms with Gasteiger partial charge in [-0.25, -0.2) is 0 Å². The Morgan fingerprint density at radius 2 is 1.87 bits per heavy atom. The quantitative estimate of drug-likeness (QED) is 0.864. The van der Waals surface area contributed by atoms with E-state index in [0.717, 1.165) is 0 Å². The first-order chi connectivity index (χ1) is 10.9. The first kappa shape index (κ1) is 16.5. The standard InChI is InChI=1S/C20H29NO2/c1-13-10-14(2)20(11-22)12-23-19(18(13)15(20)3)16-6-8-17(9-7-16)21(4)5/h6-10,14-15,18-19,22H,11-12H2,1-5H3/t14?,15?,18-,19?,20+/m0/s1. The Balaban J connectivity index is 1.95. The van der Waals surface area contributed by atoms with Crippen LogP contribution in [-0.4, -0.2) is 32.4 Å². The summed E-state index contributed by atoms with van der Waals surface area (Å²) in [6.45, 7) is 7.54. The fraction of sp³-hybridized carbons (Fsp3) is 0.600. The summed E-state index contributed by atoms with van der Waals surface area (Å²) in [6, 6.07) is 8.68. The number of aliphatic hydroxyl groups excluding tert-OH is 1. The van der Waals surface area contributed by atoms with E-state index in [4.69, 9.17) is 4.74 Å². The molecular formula is C20H29NO2. The van der Waals surface area contributed by atoms with Crippen LogP contribution < -0.4 is 4.90 Å². The molecule has 1 aliphatic carbocycles. The van der Waals surface area contributed by atoms with Crippen LogP contribution in [0, 0.1) is 23.2 Å². The average Bonchev–Trinajstić information content (AvgIpc) is 2.53. The SMILES string of the molecule is CC1=CC(C)[C@@]2(CO)COC(c3ccc(N(C)C)cc3)[C@@H]1C2C. The fourth-order valence-corrected chi connectivity index (χ4v) is 4.55. The number of nitrogens with zero attached hydrogens (tertiary/aromatic N) is 1. The van der Waals surface area contributed by atoms with Crippen LogP contribution >= 0.6 is 0 Å². The second kappa shape index (κ2) is 5.95. The molecule has 0 radical (unpaired) electrons. The van der Waals surface area contributed by atoms with E-state index in [-0.39, 0.29) is 18.1 Å². The number of rotatable bonds is 3. The van der Waals surface area contributed by atoms with E-state index >= 15 is 0 Å². The maximum atomic E-state index is 10.1. The molecule has 2 bridgehead atoms. The summed E-state index contributed by atoms with van der Waals surface area (Å²) in [4.78, 5) is 2.11. The van der Waals surface area contributed by atoms with Crippen LogP contribution in [0.15, 0.2) is 35.9 Å². The van der Waals surface area contributed by atoms with Crippen molar-refractivity contribution in [1.29, 1.82) is 0 Å². The van der Waals surface area contributed by atoms with E-state index in [0.29, 0.717) is 24.4 Å². The molecule has 3 heteroatoms. The topological polar surface area (TPSA) is 32.7 Å². The number of hydrogen-bond acceptors (Lipinski definition) is 3. The summed E-state index contributed by atoms with van der Waals surface area (Å²) < 4.78 is 6.32. The minimum Gasteiger partial charge on any atom is -0.396 e. The molecule has 23 heavy (non-hydrogen) atoms. The number of fused-ring (bicyclic) bond motifs is 2. The Kier molecular flexibility index (Phi) is 4.28. The molecule has 3 unspecified atom stereocenters. The number of allylic oxidation sites excluding steroid dienone is 1. The molecule has 0 amide bonds. The number of hydrogen-bond donors (Lipinski definition) is 1. The molecule has 126 valence electrons. The van der Waals surface area contributed by atoms with Gasteiger partial charge < -0.3 is 14.7 Å². The van der Waals surface area contributed by atoms with Crippen LogP contribution in [0.1, 0.15) is 32.4 Å². The lowest BCUT2D eigenvalue weighted by Crippen LogP contribution is -2.53. The summed E-state index contributed by atoms with van der Waals surface area (Å²) in [5.74, 6) is 1.12. The molecule has 0 spiro atoms. The van der Waals surface area contributed by atoms with Gasteiger partial charge in [0.2, 0.25) is 0 Å². The molecule has 1 N–H and O–H groups in total. The summed E-state index contributed by atoms with van der Waals surface area (Å²) >= 11 is 0. The monoisotopic (exact) mass is 315 g/mol. The molecule has 3 rings (SSSR count). The third-order valence-corrected chi connectivity index (χ3v) is 6.28. The van der Waals surface area contributed by atoms with Gasteiger partial charge in [0.05, 0.1) is 19.3 Å². The van der Waals surface area contributed by atoms with Crippen molar-refractivity contribution in [2.75, 3.05) is 32.2 Å². The average molecular weight is 315 g/mol. The summed E-state index contributed by atoms with van der Waals surface area (Å²) in [5, 5.41) is 10.1. The van der Waals surface area contributed by atoms with Gasteiger partial charge in [0.1, 0.15) is 0 Å². The molecule has 0 aromatic heterocycles. The lowest BCUT2D eigenvalue weighted by molar-refractivity contribution is -0.165. The number of ether oxygens (including phenoxy) is 1. The molecule has 1 heterocycles. The highest BCUT2D eigenvalue weighted by molar-refractivity contribution is 5.46. The largest absolute Gasteiger partial charge is 0.396 e. The maximum Gasteiger partial charge on any atom is 0.0893 e. The third kappa shape index (κ3) is 2.50. The van der Waals surface area contributed by atoms with Crippen LogP contribution in [-0.2, 0) is 4.74 Å². The lowest BCUT2D eigenvalue weighted by Gasteiger charge is -2.55. The van der Waals surface area contributed by atoms with Crippen LogP contribution in [0.3, 0.4) is 0 Å². The van der Waals surface area contributed by atoms with Gasteiger partial charge in [-0.1, -0.05) is 37.6 Å². The van der Waals surface area contributed by atoms with Crippen molar-refractivity contribution >= 4 is 5.69 Å². The van der Waals surface area contributed by atoms with E-state index in [1.807, 2.05) is 0 Å². The van der Waals surface area contributed by atoms with E-state index < -0.39 is 0 Å². The highest BCUT2D eigenvalue weighted by Crippen LogP contribution is 2.55. The number of benzene rings is 1. The third-order valence-electron chi connectivity index (χ3n) is 6.28. The Labute approximate surface area is 140 Å². The van der Waals surface area contributed by atoms with Gasteiger partial charge in [0.25, 0.3) is 0 Å². The fourth-order valence-electron chi connectivity index (χ4n) is 4.55. The van der Waals surface area contributed by atoms with Gasteiger partial charge in [-0.3, -0.25) is 0 Å². The van der Waals surface area contributed by atoms with Crippen molar-refractivity contribution in [3.8, 4) is 0 Å². The molecule has 2 aliphatic rings. The van der Waals surface area contributed by atoms with Crippen LogP contribution in [0.2, 0.25) is 0 Å². The van der Waals surface area contributed by atoms with Crippen molar-refractivity contribution in [1.82, 2.24) is 0 Å². The predicted octanol–water partition coefficient (Wildman–Crippen LogP) is 3.65. The zero-order valence-corrected chi connectivity index (χ0v) is 14.9. The van der Waals surface area contributed by atoms with E-state index in [2.05, 4.69) is 70.1 Å². The van der Waals surface area contributed by atoms with Gasteiger partial charge in [-0.15, -0.1) is 0 Å². The molecule has 5 atom stereocenters. The lowest BCUT2D eigenvalue weighted by atomic mass is 9.56. The van der Waals surface area contributed by atoms with Crippen LogP contribution in [0.5, 0.6) is 0 Å². The Bertz CT molecular complexity index is 592. The smallest absolute Gasteiger partial charge is 0.0893 e. The Morgan fingerprint density at radius 1 is 1.22 bits per heavy atom. The molecule has 1 fully saturated rings. The molecule has 0 saturated carbocycles. The number of aliphatic hydroxyl groups is 1. The molecular weight excluding hydrogens is 286 g/mol. The van der Waals surface area contributed by atoms with Gasteiger partial charge in [0, 0.05) is 31.1 Å². The summed E-state index contributed by atoms with van der Waals surface area (Å²) in [5.41, 5.74) is 3.70. The molecule has 1 saturated heterocycles. The summed E-state index contributed by atoms with van der Waals surface area (Å²) in [6.07, 6.45) is 2.44. The highest BCUT2D eigenvalue weighted by Gasteiger charge is 2.53. The first-order valence-corrected chi connectivity index (χ1v) is 8.59. The van der Waals surface area contributed by atoms with Gasteiger partial charge in [0.15, 0.2) is 0 Å². The Morgan fingerprint density at radius 3 is 2.43 bits per heavy atom. The van der Waals surface area contributed by atoms with Crippen molar-refractivity contribution < 1.29 is 9.84 Å². The summed E-state index contributed by atoms with van der Waals surface area (Å²) in [7, 11) is 4.11. The van der Waals surface area contributed by atoms with Gasteiger partial charge in [-0.05, 0) is 36.5 Å². The van der Waals surface area contributed by atoms with Gasteiger partial charge in [-0.2, -0.15) is 0 Å². The second-order valence-corrected chi connectivity index (χ2v) is 7.62. The minimum absolute atomic E-state index is 0.0876. The molecule has 3 nitrogen and oxygen atoms in total. The van der Waals surface area contributed by atoms with Crippen molar-refractivity contribution in [2.24, 2.45) is 23.2 Å². The van der Waals surface area contributed by atoms with E-state index in [1.54, 1.807) is 0 Å². The van der Waals surface area contributed by atoms with Gasteiger partial charge >= 0.3 is 0 Å². The zero-order chi connectivity index (χ0) is 16.8. The molecule has 1 aromatic rings. The second-order valence-electron chi connectivity index (χ2n) is 7.62. The Hall–Kier alpha value is -1.32. The zero-order valence-electron chi connectivity index (χ0n) is 14.9. The minimum atomic E-state index is -0.135.